The Labute approximate surface area is 95.0 Å². The van der Waals surface area contributed by atoms with Crippen LogP contribution in [0.4, 0.5) is 0 Å². The summed E-state index contributed by atoms with van der Waals surface area (Å²) in [5.41, 5.74) is 6.26. The molecule has 0 bridgehead atoms. The van der Waals surface area contributed by atoms with Crippen molar-refractivity contribution in [2.45, 2.75) is 58.9 Å². The molecular formula is C13H28N2. The largest absolute Gasteiger partial charge is 0.330 e. The fourth-order valence-corrected chi connectivity index (χ4v) is 2.59. The molecule has 2 unspecified atom stereocenters. The molecule has 2 nitrogen and oxygen atoms in total. The summed E-state index contributed by atoms with van der Waals surface area (Å²) in [7, 11) is 0. The van der Waals surface area contributed by atoms with Crippen LogP contribution in [0.1, 0.15) is 52.9 Å². The summed E-state index contributed by atoms with van der Waals surface area (Å²) >= 11 is 0. The Balaban J connectivity index is 2.11. The molecule has 2 heteroatoms. The van der Waals surface area contributed by atoms with Gasteiger partial charge in [0.15, 0.2) is 0 Å². The van der Waals surface area contributed by atoms with Crippen molar-refractivity contribution in [2.75, 3.05) is 13.1 Å². The van der Waals surface area contributed by atoms with Crippen LogP contribution < -0.4 is 11.1 Å². The molecule has 1 aliphatic carbocycles. The van der Waals surface area contributed by atoms with Crippen molar-refractivity contribution >= 4 is 0 Å². The molecule has 0 aromatic heterocycles. The van der Waals surface area contributed by atoms with Crippen LogP contribution in [0.15, 0.2) is 0 Å². The van der Waals surface area contributed by atoms with Crippen LogP contribution in [-0.2, 0) is 0 Å². The van der Waals surface area contributed by atoms with E-state index in [9.17, 15) is 0 Å². The highest BCUT2D eigenvalue weighted by Gasteiger charge is 2.30. The number of rotatable bonds is 6. The monoisotopic (exact) mass is 212 g/mol. The predicted molar refractivity (Wildman–Crippen MR) is 66.9 cm³/mol. The molecule has 0 spiro atoms. The third-order valence-corrected chi connectivity index (χ3v) is 3.86. The van der Waals surface area contributed by atoms with Crippen LogP contribution in [0.3, 0.4) is 0 Å². The maximum atomic E-state index is 5.69. The molecule has 0 saturated heterocycles. The van der Waals surface area contributed by atoms with Gasteiger partial charge in [0.05, 0.1) is 0 Å². The lowest BCUT2D eigenvalue weighted by Gasteiger charge is -2.19. The van der Waals surface area contributed by atoms with Crippen molar-refractivity contribution in [1.82, 2.24) is 5.32 Å². The molecule has 90 valence electrons. The van der Waals surface area contributed by atoms with E-state index >= 15 is 0 Å². The average Bonchev–Trinajstić information content (AvgIpc) is 2.53. The molecule has 0 amide bonds. The maximum absolute atomic E-state index is 5.69. The molecule has 1 rings (SSSR count). The van der Waals surface area contributed by atoms with E-state index in [4.69, 9.17) is 5.73 Å². The first-order valence-corrected chi connectivity index (χ1v) is 6.51. The lowest BCUT2D eigenvalue weighted by molar-refractivity contribution is 0.359. The van der Waals surface area contributed by atoms with Gasteiger partial charge < -0.3 is 11.1 Å². The highest BCUT2D eigenvalue weighted by molar-refractivity contribution is 4.86. The van der Waals surface area contributed by atoms with Crippen molar-refractivity contribution in [3.8, 4) is 0 Å². The van der Waals surface area contributed by atoms with Crippen molar-refractivity contribution in [3.63, 3.8) is 0 Å². The zero-order valence-corrected chi connectivity index (χ0v) is 10.7. The van der Waals surface area contributed by atoms with E-state index < -0.39 is 0 Å². The Morgan fingerprint density at radius 1 is 1.47 bits per heavy atom. The Morgan fingerprint density at radius 3 is 2.67 bits per heavy atom. The second-order valence-electron chi connectivity index (χ2n) is 5.86. The zero-order valence-electron chi connectivity index (χ0n) is 10.7. The molecular weight excluding hydrogens is 184 g/mol. The van der Waals surface area contributed by atoms with Gasteiger partial charge in [-0.15, -0.1) is 0 Å². The van der Waals surface area contributed by atoms with Gasteiger partial charge in [0.2, 0.25) is 0 Å². The Hall–Kier alpha value is -0.0800. The van der Waals surface area contributed by atoms with E-state index in [1.807, 2.05) is 0 Å². The summed E-state index contributed by atoms with van der Waals surface area (Å²) in [5, 5.41) is 3.68. The molecule has 2 atom stereocenters. The quantitative estimate of drug-likeness (QED) is 0.710. The smallest absolute Gasteiger partial charge is 0.00723 e. The number of hydrogen-bond donors (Lipinski definition) is 2. The summed E-state index contributed by atoms with van der Waals surface area (Å²) in [6.07, 6.45) is 6.52. The second-order valence-corrected chi connectivity index (χ2v) is 5.86. The molecule has 0 radical (unpaired) electrons. The van der Waals surface area contributed by atoms with Gasteiger partial charge >= 0.3 is 0 Å². The lowest BCUT2D eigenvalue weighted by atomic mass is 9.92. The number of hydrogen-bond acceptors (Lipinski definition) is 2. The van der Waals surface area contributed by atoms with Crippen LogP contribution in [0.5, 0.6) is 0 Å². The van der Waals surface area contributed by atoms with Gasteiger partial charge in [-0.3, -0.25) is 0 Å². The van der Waals surface area contributed by atoms with Gasteiger partial charge in [-0.05, 0) is 50.1 Å². The fourth-order valence-electron chi connectivity index (χ4n) is 2.59. The van der Waals surface area contributed by atoms with Crippen LogP contribution in [0, 0.1) is 11.3 Å². The number of nitrogens with one attached hydrogen (secondary N) is 1. The highest BCUT2D eigenvalue weighted by atomic mass is 14.9. The van der Waals surface area contributed by atoms with E-state index in [0.29, 0.717) is 11.3 Å². The van der Waals surface area contributed by atoms with E-state index in [1.165, 1.54) is 32.1 Å². The molecule has 0 aromatic carbocycles. The van der Waals surface area contributed by atoms with Gasteiger partial charge in [0, 0.05) is 6.04 Å². The minimum Gasteiger partial charge on any atom is -0.330 e. The lowest BCUT2D eigenvalue weighted by Crippen LogP contribution is -2.30. The highest BCUT2D eigenvalue weighted by Crippen LogP contribution is 2.36. The standard InChI is InChI=1S/C13H28N2/c1-4-11(10-14)6-8-15-12-5-7-13(2,3)9-12/h11-12,15H,4-10,14H2,1-3H3. The van der Waals surface area contributed by atoms with Crippen molar-refractivity contribution < 1.29 is 0 Å². The van der Waals surface area contributed by atoms with E-state index in [1.54, 1.807) is 0 Å². The first-order valence-electron chi connectivity index (χ1n) is 6.51. The topological polar surface area (TPSA) is 38.0 Å². The van der Waals surface area contributed by atoms with Gasteiger partial charge in [0.25, 0.3) is 0 Å². The van der Waals surface area contributed by atoms with Crippen molar-refractivity contribution in [2.24, 2.45) is 17.1 Å². The Kier molecular flexibility index (Phi) is 5.07. The third-order valence-electron chi connectivity index (χ3n) is 3.86. The second kappa shape index (κ2) is 5.86. The van der Waals surface area contributed by atoms with E-state index in [2.05, 4.69) is 26.1 Å². The zero-order chi connectivity index (χ0) is 11.3. The average molecular weight is 212 g/mol. The van der Waals surface area contributed by atoms with Crippen LogP contribution in [-0.4, -0.2) is 19.1 Å². The Morgan fingerprint density at radius 2 is 2.20 bits per heavy atom. The Bertz CT molecular complexity index is 173. The molecule has 0 aliphatic heterocycles. The molecule has 15 heavy (non-hydrogen) atoms. The minimum atomic E-state index is 0.565. The van der Waals surface area contributed by atoms with Gasteiger partial charge in [-0.2, -0.15) is 0 Å². The summed E-state index contributed by atoms with van der Waals surface area (Å²) in [5.74, 6) is 0.715. The first-order chi connectivity index (χ1) is 7.07. The van der Waals surface area contributed by atoms with Gasteiger partial charge in [0.1, 0.15) is 0 Å². The van der Waals surface area contributed by atoms with Crippen molar-refractivity contribution in [3.05, 3.63) is 0 Å². The van der Waals surface area contributed by atoms with Crippen LogP contribution in [0.2, 0.25) is 0 Å². The third kappa shape index (κ3) is 4.52. The fraction of sp³-hybridized carbons (Fsp3) is 1.00. The predicted octanol–water partition coefficient (Wildman–Crippen LogP) is 2.53. The minimum absolute atomic E-state index is 0.565. The van der Waals surface area contributed by atoms with E-state index in [0.717, 1.165) is 19.1 Å². The SMILES string of the molecule is CCC(CN)CCNC1CCC(C)(C)C1. The van der Waals surface area contributed by atoms with Crippen LogP contribution >= 0.6 is 0 Å². The van der Waals surface area contributed by atoms with Gasteiger partial charge in [-0.1, -0.05) is 27.2 Å². The normalized spacial score (nSPS) is 26.8. The molecule has 1 saturated carbocycles. The maximum Gasteiger partial charge on any atom is 0.00723 e. The molecule has 1 aliphatic rings. The molecule has 3 N–H and O–H groups in total. The summed E-state index contributed by atoms with van der Waals surface area (Å²) in [4.78, 5) is 0. The summed E-state index contributed by atoms with van der Waals surface area (Å²) in [6, 6.07) is 0.760. The number of nitrogens with two attached hydrogens (primary N) is 1. The van der Waals surface area contributed by atoms with Crippen LogP contribution in [0.25, 0.3) is 0 Å². The van der Waals surface area contributed by atoms with E-state index in [-0.39, 0.29) is 0 Å². The summed E-state index contributed by atoms with van der Waals surface area (Å²) in [6.45, 7) is 8.98. The van der Waals surface area contributed by atoms with Gasteiger partial charge in [-0.25, -0.2) is 0 Å². The molecule has 0 aromatic rings. The summed E-state index contributed by atoms with van der Waals surface area (Å²) < 4.78 is 0. The molecule has 1 fully saturated rings. The van der Waals surface area contributed by atoms with Crippen molar-refractivity contribution in [1.29, 1.82) is 0 Å². The first kappa shape index (κ1) is 13.0. The molecule has 0 heterocycles.